The normalized spacial score (nSPS) is 24.0. The van der Waals surface area contributed by atoms with Crippen molar-refractivity contribution in [1.29, 1.82) is 0 Å². The Morgan fingerprint density at radius 3 is 2.26 bits per heavy atom. The third kappa shape index (κ3) is 9.53. The number of non-ortho nitro benzene ring substituents is 1. The molecule has 3 aliphatic heterocycles. The van der Waals surface area contributed by atoms with Crippen molar-refractivity contribution < 1.29 is 52.9 Å². The quantitative estimate of drug-likeness (QED) is 0.0719. The van der Waals surface area contributed by atoms with E-state index in [1.54, 1.807) is 13.8 Å². The first kappa shape index (κ1) is 40.6. The number of rotatable bonds is 10. The van der Waals surface area contributed by atoms with E-state index in [2.05, 4.69) is 10.0 Å². The number of esters is 2. The van der Waals surface area contributed by atoms with Crippen molar-refractivity contribution in [3.05, 3.63) is 50.5 Å². The molecule has 3 aliphatic rings. The van der Waals surface area contributed by atoms with Gasteiger partial charge in [-0.25, -0.2) is 19.5 Å². The molecule has 0 unspecified atom stereocenters. The van der Waals surface area contributed by atoms with Crippen LogP contribution in [0.2, 0.25) is 0 Å². The highest BCUT2D eigenvalue weighted by atomic mass is 32.2. The predicted octanol–water partition coefficient (Wildman–Crippen LogP) is 0.143. The fraction of sp³-hybridized carbons (Fsp3) is 0.556. The van der Waals surface area contributed by atoms with Crippen molar-refractivity contribution in [1.82, 2.24) is 14.9 Å². The van der Waals surface area contributed by atoms with Gasteiger partial charge in [-0.2, -0.15) is 8.42 Å². The third-order valence-electron chi connectivity index (χ3n) is 7.30. The predicted molar refractivity (Wildman–Crippen MR) is 167 cm³/mol. The monoisotopic (exact) mass is 691 g/mol. The van der Waals surface area contributed by atoms with Crippen LogP contribution >= 0.6 is 11.8 Å². The molecule has 4 rings (SSSR count). The average molecular weight is 692 g/mol. The van der Waals surface area contributed by atoms with Crippen LogP contribution in [0.1, 0.15) is 51.9 Å². The summed E-state index contributed by atoms with van der Waals surface area (Å²) < 4.78 is 29.7. The molecule has 1 amide bonds. The number of nitrogens with one attached hydrogen (secondary N) is 2. The van der Waals surface area contributed by atoms with Gasteiger partial charge < -0.3 is 30.6 Å². The van der Waals surface area contributed by atoms with Crippen LogP contribution in [0.25, 0.3) is 0 Å². The number of benzene rings is 1. The number of nitrogens with two attached hydrogens (primary N) is 1. The summed E-state index contributed by atoms with van der Waals surface area (Å²) in [6.45, 7) is 7.17. The number of fused-ring (bicyclic) bond motifs is 1. The van der Waals surface area contributed by atoms with Gasteiger partial charge in [-0.3, -0.25) is 19.7 Å². The van der Waals surface area contributed by atoms with Crippen LogP contribution < -0.4 is 15.2 Å². The minimum atomic E-state index is -3.85. The Hall–Kier alpha value is -3.46. The SMILES string of the molecule is C.CC(C)C(=O)O.C[C@@H](O)[C@H]1C(=O)N2C(C(=O)OC(=O)c3ccc([N+](=O)[O-])cc3)=C(S[C@@H]3CN[C@H](CNS(N)(=O)=O)C3)[C@H](C)[C@H]12.O. The number of carboxylic acids is 1. The molecular formula is C27H41N5O12S2. The highest BCUT2D eigenvalue weighted by Gasteiger charge is 2.60. The van der Waals surface area contributed by atoms with E-state index in [0.29, 0.717) is 17.9 Å². The van der Waals surface area contributed by atoms with Crippen molar-refractivity contribution in [2.45, 2.75) is 65.0 Å². The van der Waals surface area contributed by atoms with Gasteiger partial charge in [0.15, 0.2) is 0 Å². The second-order valence-electron chi connectivity index (χ2n) is 10.9. The molecule has 0 saturated carbocycles. The van der Waals surface area contributed by atoms with Gasteiger partial charge in [0, 0.05) is 47.3 Å². The Morgan fingerprint density at radius 2 is 1.78 bits per heavy atom. The summed E-state index contributed by atoms with van der Waals surface area (Å²) in [5, 5.41) is 37.1. The number of aliphatic hydroxyl groups excluding tert-OH is 1. The highest BCUT2D eigenvalue weighted by molar-refractivity contribution is 8.03. The van der Waals surface area contributed by atoms with Gasteiger partial charge in [0.25, 0.3) is 15.9 Å². The van der Waals surface area contributed by atoms with E-state index < -0.39 is 57.0 Å². The molecule has 17 nitrogen and oxygen atoms in total. The molecule has 6 atom stereocenters. The topological polar surface area (TPSA) is 280 Å². The smallest absolute Gasteiger partial charge is 0.363 e. The molecule has 2 saturated heterocycles. The van der Waals surface area contributed by atoms with Crippen LogP contribution in [0.15, 0.2) is 34.9 Å². The van der Waals surface area contributed by atoms with Crippen molar-refractivity contribution >= 4 is 51.5 Å². The van der Waals surface area contributed by atoms with E-state index in [-0.39, 0.29) is 59.5 Å². The zero-order valence-corrected chi connectivity index (χ0v) is 26.5. The molecule has 258 valence electrons. The number of carbonyl (C=O) groups excluding carboxylic acids is 3. The third-order valence-corrected chi connectivity index (χ3v) is 9.38. The van der Waals surface area contributed by atoms with Crippen LogP contribution in [0.3, 0.4) is 0 Å². The molecule has 0 spiro atoms. The minimum absolute atomic E-state index is 0. The number of amides is 1. The molecule has 46 heavy (non-hydrogen) atoms. The number of nitrogens with zero attached hydrogens (tertiary/aromatic N) is 2. The van der Waals surface area contributed by atoms with E-state index in [1.807, 2.05) is 6.92 Å². The number of aliphatic hydroxyl groups is 1. The maximum Gasteiger partial charge on any atom is 0.363 e. The first-order valence-corrected chi connectivity index (χ1v) is 16.0. The molecule has 1 aromatic carbocycles. The van der Waals surface area contributed by atoms with Crippen LogP contribution in [0, 0.1) is 27.9 Å². The summed E-state index contributed by atoms with van der Waals surface area (Å²) >= 11 is 1.33. The number of hydrogen-bond acceptors (Lipinski definition) is 12. The van der Waals surface area contributed by atoms with Crippen molar-refractivity contribution in [3.63, 3.8) is 0 Å². The van der Waals surface area contributed by atoms with Gasteiger partial charge in [0.05, 0.1) is 34.5 Å². The van der Waals surface area contributed by atoms with E-state index in [1.165, 1.54) is 23.6 Å². The Balaban J connectivity index is 0.00000121. The Bertz CT molecular complexity index is 1450. The zero-order chi connectivity index (χ0) is 33.1. The molecule has 0 radical (unpaired) electrons. The number of carbonyl (C=O) groups is 4. The lowest BCUT2D eigenvalue weighted by Crippen LogP contribution is -2.63. The Kier molecular flexibility index (Phi) is 14.5. The largest absolute Gasteiger partial charge is 0.481 e. The Labute approximate surface area is 270 Å². The molecule has 0 aliphatic carbocycles. The zero-order valence-electron chi connectivity index (χ0n) is 24.8. The number of nitro groups is 1. The van der Waals surface area contributed by atoms with Gasteiger partial charge in [-0.1, -0.05) is 28.2 Å². The Morgan fingerprint density at radius 1 is 1.22 bits per heavy atom. The average Bonchev–Trinajstić information content (AvgIpc) is 3.47. The van der Waals surface area contributed by atoms with E-state index >= 15 is 0 Å². The van der Waals surface area contributed by atoms with Crippen molar-refractivity contribution in [3.8, 4) is 0 Å². The molecule has 1 aromatic rings. The summed E-state index contributed by atoms with van der Waals surface area (Å²) in [5.74, 6) is -4.56. The van der Waals surface area contributed by atoms with Gasteiger partial charge in [0.1, 0.15) is 5.70 Å². The second-order valence-corrected chi connectivity index (χ2v) is 13.6. The van der Waals surface area contributed by atoms with Crippen LogP contribution in [-0.2, 0) is 29.3 Å². The summed E-state index contributed by atoms with van der Waals surface area (Å²) in [6.07, 6.45) is -0.414. The maximum atomic E-state index is 13.2. The summed E-state index contributed by atoms with van der Waals surface area (Å²) in [5.41, 5.74) is -0.390. The standard InChI is InChI=1S/C22H27N5O9S2.C4H8O2.CH4.H2O/c1-10-17-16(11(2)28)20(29)26(17)18(19(10)37-15-7-13(24-9-15)8-25-38(23,34)35)22(31)36-21(30)12-3-5-14(6-4-12)27(32)33;1-3(2)4(5)6;;/h3-6,10-11,13,15-17,24-25,28H,7-9H2,1-2H3,(H2,23,34,35);3H,1-2H3,(H,5,6);1H4;1H2/t10-,11-,13+,15+,16-,17-;;;/m1.../s1. The summed E-state index contributed by atoms with van der Waals surface area (Å²) in [6, 6.07) is 3.85. The lowest BCUT2D eigenvalue weighted by molar-refractivity contribution is -0.384. The lowest BCUT2D eigenvalue weighted by Gasteiger charge is -2.46. The molecule has 2 fully saturated rings. The molecule has 19 heteroatoms. The first-order chi connectivity index (χ1) is 20.4. The number of aliphatic carboxylic acids is 1. The molecule has 3 heterocycles. The lowest BCUT2D eigenvalue weighted by atomic mass is 9.79. The number of nitro benzene ring substituents is 1. The number of carboxylic acid groups (broad SMARTS) is 1. The van der Waals surface area contributed by atoms with Gasteiger partial charge in [-0.15, -0.1) is 11.8 Å². The molecular weight excluding hydrogens is 650 g/mol. The van der Waals surface area contributed by atoms with E-state index in [9.17, 15) is 42.8 Å². The fourth-order valence-electron chi connectivity index (χ4n) is 5.00. The van der Waals surface area contributed by atoms with Crippen LogP contribution in [-0.4, -0.2) is 94.3 Å². The summed E-state index contributed by atoms with van der Waals surface area (Å²) in [4.78, 5) is 60.5. The van der Waals surface area contributed by atoms with E-state index in [0.717, 1.165) is 24.3 Å². The van der Waals surface area contributed by atoms with Gasteiger partial charge in [0.2, 0.25) is 5.91 Å². The molecule has 0 aromatic heterocycles. The van der Waals surface area contributed by atoms with Crippen LogP contribution in [0.4, 0.5) is 5.69 Å². The second kappa shape index (κ2) is 16.4. The van der Waals surface area contributed by atoms with Crippen molar-refractivity contribution in [2.75, 3.05) is 13.1 Å². The first-order valence-electron chi connectivity index (χ1n) is 13.6. The fourth-order valence-corrected chi connectivity index (χ4v) is 6.95. The molecule has 0 bridgehead atoms. The maximum absolute atomic E-state index is 13.2. The number of β-lactam (4-membered cyclic amide) rings is 1. The van der Waals surface area contributed by atoms with Crippen molar-refractivity contribution in [2.24, 2.45) is 22.9 Å². The number of ether oxygens (including phenoxy) is 1. The number of thioether (sulfide) groups is 1. The van der Waals surface area contributed by atoms with Gasteiger partial charge in [-0.05, 0) is 25.5 Å². The number of hydrogen-bond donors (Lipinski definition) is 5. The highest BCUT2D eigenvalue weighted by Crippen LogP contribution is 2.52. The van der Waals surface area contributed by atoms with E-state index in [4.69, 9.17) is 15.0 Å². The van der Waals surface area contributed by atoms with Gasteiger partial charge >= 0.3 is 17.9 Å². The minimum Gasteiger partial charge on any atom is -0.481 e. The van der Waals surface area contributed by atoms with Crippen LogP contribution in [0.5, 0.6) is 0 Å². The molecule has 8 N–H and O–H groups in total. The summed E-state index contributed by atoms with van der Waals surface area (Å²) in [7, 11) is -3.85.